The van der Waals surface area contributed by atoms with Crippen LogP contribution in [-0.2, 0) is 4.74 Å². The summed E-state index contributed by atoms with van der Waals surface area (Å²) in [5.41, 5.74) is 0. The first-order chi connectivity index (χ1) is 7.83. The number of hydrogen-bond donors (Lipinski definition) is 1. The number of nitrogens with one attached hydrogen (secondary N) is 1. The molecule has 2 heteroatoms. The zero-order valence-corrected chi connectivity index (χ0v) is 10.5. The third kappa shape index (κ3) is 2.14. The van der Waals surface area contributed by atoms with E-state index in [4.69, 9.17) is 4.74 Å². The molecule has 3 aliphatic rings. The average Bonchev–Trinajstić information content (AvgIpc) is 2.69. The van der Waals surface area contributed by atoms with Crippen LogP contribution in [0.15, 0.2) is 0 Å². The molecule has 0 bridgehead atoms. The molecule has 0 aromatic rings. The number of rotatable bonds is 1. The van der Waals surface area contributed by atoms with Crippen LogP contribution in [0.3, 0.4) is 0 Å². The van der Waals surface area contributed by atoms with Gasteiger partial charge in [0.05, 0.1) is 6.10 Å². The number of fused-ring (bicyclic) bond motifs is 1. The number of ether oxygens (including phenoxy) is 1. The lowest BCUT2D eigenvalue weighted by atomic mass is 9.71. The largest absolute Gasteiger partial charge is 0.359 e. The van der Waals surface area contributed by atoms with E-state index >= 15 is 0 Å². The van der Waals surface area contributed by atoms with E-state index < -0.39 is 0 Å². The highest BCUT2D eigenvalue weighted by Gasteiger charge is 2.39. The van der Waals surface area contributed by atoms with Crippen LogP contribution in [0.2, 0.25) is 0 Å². The summed E-state index contributed by atoms with van der Waals surface area (Å²) < 4.78 is 5.89. The predicted octanol–water partition coefficient (Wildman–Crippen LogP) is 3.07. The SMILES string of the molecule is CC1NC2CC(C3CCCCC3)CCC2O1. The molecule has 2 saturated carbocycles. The van der Waals surface area contributed by atoms with Gasteiger partial charge in [-0.3, -0.25) is 5.32 Å². The Hall–Kier alpha value is -0.0800. The molecule has 1 N–H and O–H groups in total. The Morgan fingerprint density at radius 2 is 1.75 bits per heavy atom. The normalized spacial score (nSPS) is 45.6. The van der Waals surface area contributed by atoms with Gasteiger partial charge in [0.15, 0.2) is 0 Å². The topological polar surface area (TPSA) is 21.3 Å². The van der Waals surface area contributed by atoms with Crippen molar-refractivity contribution in [2.45, 2.75) is 76.7 Å². The van der Waals surface area contributed by atoms with Crippen LogP contribution in [0.5, 0.6) is 0 Å². The van der Waals surface area contributed by atoms with Gasteiger partial charge >= 0.3 is 0 Å². The van der Waals surface area contributed by atoms with Gasteiger partial charge in [0, 0.05) is 6.04 Å². The Kier molecular flexibility index (Phi) is 3.21. The minimum atomic E-state index is 0.292. The zero-order chi connectivity index (χ0) is 11.0. The maximum Gasteiger partial charge on any atom is 0.106 e. The van der Waals surface area contributed by atoms with Crippen molar-refractivity contribution in [3.8, 4) is 0 Å². The molecule has 0 spiro atoms. The Morgan fingerprint density at radius 1 is 0.938 bits per heavy atom. The summed E-state index contributed by atoms with van der Waals surface area (Å²) in [5, 5.41) is 3.60. The highest BCUT2D eigenvalue weighted by atomic mass is 16.5. The Labute approximate surface area is 99.1 Å². The molecule has 4 unspecified atom stereocenters. The van der Waals surface area contributed by atoms with Gasteiger partial charge in [0.25, 0.3) is 0 Å². The lowest BCUT2D eigenvalue weighted by Crippen LogP contribution is -2.40. The van der Waals surface area contributed by atoms with E-state index in [-0.39, 0.29) is 0 Å². The van der Waals surface area contributed by atoms with Gasteiger partial charge in [-0.25, -0.2) is 0 Å². The van der Waals surface area contributed by atoms with Crippen molar-refractivity contribution in [2.24, 2.45) is 11.8 Å². The van der Waals surface area contributed by atoms with Gasteiger partial charge in [0.2, 0.25) is 0 Å². The second kappa shape index (κ2) is 4.66. The summed E-state index contributed by atoms with van der Waals surface area (Å²) in [6.45, 7) is 2.15. The van der Waals surface area contributed by atoms with Crippen molar-refractivity contribution >= 4 is 0 Å². The van der Waals surface area contributed by atoms with Crippen LogP contribution in [0.1, 0.15) is 58.3 Å². The van der Waals surface area contributed by atoms with Crippen LogP contribution in [-0.4, -0.2) is 18.4 Å². The molecular weight excluding hydrogens is 198 g/mol. The molecule has 2 nitrogen and oxygen atoms in total. The first kappa shape index (κ1) is 11.0. The van der Waals surface area contributed by atoms with Crippen molar-refractivity contribution in [1.82, 2.24) is 5.32 Å². The fraction of sp³-hybridized carbons (Fsp3) is 1.00. The molecule has 1 saturated heterocycles. The standard InChI is InChI=1S/C14H25NO/c1-10-15-13-9-12(7-8-14(13)16-10)11-5-3-2-4-6-11/h10-15H,2-9H2,1H3. The van der Waals surface area contributed by atoms with Gasteiger partial charge < -0.3 is 4.74 Å². The summed E-state index contributed by atoms with van der Waals surface area (Å²) in [6.07, 6.45) is 12.3. The maximum atomic E-state index is 5.89. The van der Waals surface area contributed by atoms with E-state index in [0.717, 1.165) is 11.8 Å². The fourth-order valence-corrected chi connectivity index (χ4v) is 4.15. The molecule has 4 atom stereocenters. The molecule has 16 heavy (non-hydrogen) atoms. The average molecular weight is 223 g/mol. The molecule has 92 valence electrons. The van der Waals surface area contributed by atoms with Crippen molar-refractivity contribution in [2.75, 3.05) is 0 Å². The molecule has 0 amide bonds. The summed E-state index contributed by atoms with van der Waals surface area (Å²) in [6, 6.07) is 0.663. The van der Waals surface area contributed by atoms with Gasteiger partial charge in [-0.1, -0.05) is 32.1 Å². The van der Waals surface area contributed by atoms with Crippen LogP contribution >= 0.6 is 0 Å². The van der Waals surface area contributed by atoms with E-state index in [0.29, 0.717) is 18.4 Å². The van der Waals surface area contributed by atoms with Crippen LogP contribution in [0.4, 0.5) is 0 Å². The molecule has 0 aromatic heterocycles. The molecule has 0 aromatic carbocycles. The molecule has 3 fully saturated rings. The lowest BCUT2D eigenvalue weighted by Gasteiger charge is -2.37. The summed E-state index contributed by atoms with van der Waals surface area (Å²) in [4.78, 5) is 0. The molecule has 1 heterocycles. The summed E-state index contributed by atoms with van der Waals surface area (Å²) in [5.74, 6) is 2.02. The minimum absolute atomic E-state index is 0.292. The van der Waals surface area contributed by atoms with E-state index in [1.165, 1.54) is 51.4 Å². The van der Waals surface area contributed by atoms with Gasteiger partial charge in [-0.15, -0.1) is 0 Å². The van der Waals surface area contributed by atoms with E-state index in [1.807, 2.05) is 0 Å². The third-order valence-corrected chi connectivity index (χ3v) is 4.97. The van der Waals surface area contributed by atoms with E-state index in [9.17, 15) is 0 Å². The second-order valence-corrected chi connectivity index (χ2v) is 6.06. The Morgan fingerprint density at radius 3 is 2.56 bits per heavy atom. The fourth-order valence-electron chi connectivity index (χ4n) is 4.15. The predicted molar refractivity (Wildman–Crippen MR) is 65.2 cm³/mol. The highest BCUT2D eigenvalue weighted by Crippen LogP contribution is 2.40. The minimum Gasteiger partial charge on any atom is -0.359 e. The van der Waals surface area contributed by atoms with E-state index in [1.54, 1.807) is 0 Å². The van der Waals surface area contributed by atoms with Crippen molar-refractivity contribution < 1.29 is 4.74 Å². The summed E-state index contributed by atoms with van der Waals surface area (Å²) in [7, 11) is 0. The van der Waals surface area contributed by atoms with Crippen molar-refractivity contribution in [3.63, 3.8) is 0 Å². The molecule has 3 rings (SSSR count). The van der Waals surface area contributed by atoms with Crippen LogP contribution in [0.25, 0.3) is 0 Å². The van der Waals surface area contributed by atoms with Gasteiger partial charge in [-0.05, 0) is 38.0 Å². The quantitative estimate of drug-likeness (QED) is 0.737. The second-order valence-electron chi connectivity index (χ2n) is 6.06. The molecule has 2 aliphatic carbocycles. The maximum absolute atomic E-state index is 5.89. The molecule has 1 aliphatic heterocycles. The Bertz CT molecular complexity index is 237. The smallest absolute Gasteiger partial charge is 0.106 e. The number of hydrogen-bond acceptors (Lipinski definition) is 2. The Balaban J connectivity index is 1.58. The molecule has 0 radical (unpaired) electrons. The van der Waals surface area contributed by atoms with Gasteiger partial charge in [-0.2, -0.15) is 0 Å². The highest BCUT2D eigenvalue weighted by molar-refractivity contribution is 4.92. The lowest BCUT2D eigenvalue weighted by molar-refractivity contribution is 0.0207. The van der Waals surface area contributed by atoms with E-state index in [2.05, 4.69) is 12.2 Å². The first-order valence-electron chi connectivity index (χ1n) is 7.24. The van der Waals surface area contributed by atoms with Crippen molar-refractivity contribution in [3.05, 3.63) is 0 Å². The van der Waals surface area contributed by atoms with Crippen molar-refractivity contribution in [1.29, 1.82) is 0 Å². The zero-order valence-electron chi connectivity index (χ0n) is 10.5. The molecular formula is C14H25NO. The summed E-state index contributed by atoms with van der Waals surface area (Å²) >= 11 is 0. The van der Waals surface area contributed by atoms with Crippen LogP contribution in [0, 0.1) is 11.8 Å². The van der Waals surface area contributed by atoms with Gasteiger partial charge in [0.1, 0.15) is 6.23 Å². The monoisotopic (exact) mass is 223 g/mol. The third-order valence-electron chi connectivity index (χ3n) is 4.97. The van der Waals surface area contributed by atoms with Crippen LogP contribution < -0.4 is 5.32 Å². The first-order valence-corrected chi connectivity index (χ1v) is 7.24.